The summed E-state index contributed by atoms with van der Waals surface area (Å²) < 4.78 is 5.10. The Balaban J connectivity index is 2.31. The Morgan fingerprint density at radius 2 is 2.31 bits per heavy atom. The van der Waals surface area contributed by atoms with Gasteiger partial charge in [0, 0.05) is 4.90 Å². The molecule has 0 bridgehead atoms. The van der Waals surface area contributed by atoms with Gasteiger partial charge in [0.05, 0.1) is 29.0 Å². The summed E-state index contributed by atoms with van der Waals surface area (Å²) in [7, 11) is 0. The lowest BCUT2D eigenvalue weighted by atomic mass is 10.2. The van der Waals surface area contributed by atoms with Gasteiger partial charge in [-0.1, -0.05) is 22.8 Å². The number of oxime groups is 1. The van der Waals surface area contributed by atoms with Crippen LogP contribution in [0.25, 0.3) is 0 Å². The fourth-order valence-electron chi connectivity index (χ4n) is 1.36. The van der Waals surface area contributed by atoms with E-state index in [4.69, 9.17) is 27.3 Å². The van der Waals surface area contributed by atoms with Crippen LogP contribution < -0.4 is 5.73 Å². The van der Waals surface area contributed by atoms with Crippen LogP contribution in [0, 0.1) is 0 Å². The molecule has 0 unspecified atom stereocenters. The first-order valence-electron chi connectivity index (χ1n) is 4.73. The lowest BCUT2D eigenvalue weighted by Crippen LogP contribution is -2.30. The molecule has 0 atom stereocenters. The summed E-state index contributed by atoms with van der Waals surface area (Å²) in [6.45, 7) is 1.46. The molecule has 0 spiro atoms. The highest BCUT2D eigenvalue weighted by molar-refractivity contribution is 8.00. The minimum atomic E-state index is 0.0355. The summed E-state index contributed by atoms with van der Waals surface area (Å²) in [5, 5.41) is 12.6. The smallest absolute Gasteiger partial charge is 0.172 e. The van der Waals surface area contributed by atoms with Crippen molar-refractivity contribution in [3.05, 3.63) is 28.8 Å². The number of benzene rings is 1. The first-order valence-corrected chi connectivity index (χ1v) is 5.99. The van der Waals surface area contributed by atoms with Crippen LogP contribution in [-0.2, 0) is 4.74 Å². The molecule has 86 valence electrons. The van der Waals surface area contributed by atoms with Crippen molar-refractivity contribution in [2.75, 3.05) is 13.2 Å². The number of rotatable bonds is 3. The Morgan fingerprint density at radius 3 is 2.88 bits per heavy atom. The van der Waals surface area contributed by atoms with Crippen LogP contribution in [0.1, 0.15) is 5.56 Å². The minimum Gasteiger partial charge on any atom is -0.409 e. The molecule has 3 N–H and O–H groups in total. The Labute approximate surface area is 102 Å². The maximum atomic E-state index is 8.71. The van der Waals surface area contributed by atoms with E-state index < -0.39 is 0 Å². The molecule has 1 aromatic rings. The van der Waals surface area contributed by atoms with Crippen molar-refractivity contribution in [3.8, 4) is 0 Å². The van der Waals surface area contributed by atoms with Gasteiger partial charge >= 0.3 is 0 Å². The molecule has 1 saturated heterocycles. The molecule has 0 aliphatic carbocycles. The van der Waals surface area contributed by atoms with Gasteiger partial charge in [0.15, 0.2) is 5.84 Å². The van der Waals surface area contributed by atoms with E-state index in [9.17, 15) is 0 Å². The van der Waals surface area contributed by atoms with Crippen molar-refractivity contribution < 1.29 is 9.94 Å². The number of hydrogen-bond acceptors (Lipinski definition) is 4. The van der Waals surface area contributed by atoms with Crippen LogP contribution in [0.2, 0.25) is 5.02 Å². The van der Waals surface area contributed by atoms with Gasteiger partial charge in [-0.3, -0.25) is 0 Å². The standard InChI is InChI=1S/C10H11ClN2O2S/c11-7-2-1-3-8(9(7)10(12)13-14)16-6-4-15-5-6/h1-3,6,14H,4-5H2,(H2,12,13). The Hall–Kier alpha value is -0.910. The summed E-state index contributed by atoms with van der Waals surface area (Å²) in [5.41, 5.74) is 6.19. The molecule has 0 radical (unpaired) electrons. The van der Waals surface area contributed by atoms with Gasteiger partial charge < -0.3 is 15.7 Å². The molecule has 0 aromatic heterocycles. The number of nitrogens with zero attached hydrogens (tertiary/aromatic N) is 1. The van der Waals surface area contributed by atoms with Crippen LogP contribution in [0.4, 0.5) is 0 Å². The number of halogens is 1. The second-order valence-corrected chi connectivity index (χ2v) is 5.12. The highest BCUT2D eigenvalue weighted by Crippen LogP contribution is 2.33. The molecule has 4 nitrogen and oxygen atoms in total. The number of ether oxygens (including phenoxy) is 1. The number of amidine groups is 1. The average Bonchev–Trinajstić information content (AvgIpc) is 2.22. The van der Waals surface area contributed by atoms with E-state index >= 15 is 0 Å². The Morgan fingerprint density at radius 1 is 1.56 bits per heavy atom. The second kappa shape index (κ2) is 4.95. The van der Waals surface area contributed by atoms with Crippen molar-refractivity contribution in [1.29, 1.82) is 0 Å². The topological polar surface area (TPSA) is 67.8 Å². The van der Waals surface area contributed by atoms with Gasteiger partial charge in [-0.25, -0.2) is 0 Å². The van der Waals surface area contributed by atoms with Gasteiger partial charge in [0.2, 0.25) is 0 Å². The van der Waals surface area contributed by atoms with Crippen LogP contribution >= 0.6 is 23.4 Å². The lowest BCUT2D eigenvalue weighted by molar-refractivity contribution is 0.0455. The summed E-state index contributed by atoms with van der Waals surface area (Å²) in [4.78, 5) is 0.913. The lowest BCUT2D eigenvalue weighted by Gasteiger charge is -2.26. The first kappa shape index (κ1) is 11.6. The molecule has 2 rings (SSSR count). The predicted octanol–water partition coefficient (Wildman–Crippen LogP) is 1.93. The largest absolute Gasteiger partial charge is 0.409 e. The molecule has 0 amide bonds. The number of nitrogens with two attached hydrogens (primary N) is 1. The molecule has 1 aliphatic rings. The third-order valence-electron chi connectivity index (χ3n) is 2.24. The van der Waals surface area contributed by atoms with Crippen LogP contribution in [0.15, 0.2) is 28.3 Å². The highest BCUT2D eigenvalue weighted by Gasteiger charge is 2.22. The monoisotopic (exact) mass is 258 g/mol. The first-order chi connectivity index (χ1) is 7.72. The van der Waals surface area contributed by atoms with Crippen molar-refractivity contribution >= 4 is 29.2 Å². The molecule has 1 aliphatic heterocycles. The molecule has 1 fully saturated rings. The van der Waals surface area contributed by atoms with Crippen molar-refractivity contribution in [1.82, 2.24) is 0 Å². The Kier molecular flexibility index (Phi) is 3.58. The zero-order valence-electron chi connectivity index (χ0n) is 8.39. The zero-order valence-corrected chi connectivity index (χ0v) is 9.96. The van der Waals surface area contributed by atoms with Crippen molar-refractivity contribution in [2.45, 2.75) is 10.1 Å². The van der Waals surface area contributed by atoms with Crippen LogP contribution in [0.5, 0.6) is 0 Å². The zero-order chi connectivity index (χ0) is 11.5. The van der Waals surface area contributed by atoms with Crippen molar-refractivity contribution in [2.24, 2.45) is 10.9 Å². The third-order valence-corrected chi connectivity index (χ3v) is 3.75. The highest BCUT2D eigenvalue weighted by atomic mass is 35.5. The van der Waals surface area contributed by atoms with Gasteiger partial charge in [-0.05, 0) is 12.1 Å². The second-order valence-electron chi connectivity index (χ2n) is 3.38. The van der Waals surface area contributed by atoms with Gasteiger partial charge in [-0.2, -0.15) is 0 Å². The molecular formula is C10H11ClN2O2S. The van der Waals surface area contributed by atoms with E-state index in [1.807, 2.05) is 12.1 Å². The molecule has 0 saturated carbocycles. The van der Waals surface area contributed by atoms with E-state index in [-0.39, 0.29) is 5.84 Å². The van der Waals surface area contributed by atoms with E-state index in [2.05, 4.69) is 5.16 Å². The minimum absolute atomic E-state index is 0.0355. The quantitative estimate of drug-likeness (QED) is 0.376. The fourth-order valence-corrected chi connectivity index (χ4v) is 2.87. The maximum Gasteiger partial charge on any atom is 0.172 e. The molecular weight excluding hydrogens is 248 g/mol. The summed E-state index contributed by atoms with van der Waals surface area (Å²) in [6.07, 6.45) is 0. The van der Waals surface area contributed by atoms with Gasteiger partial charge in [-0.15, -0.1) is 11.8 Å². The predicted molar refractivity (Wildman–Crippen MR) is 64.4 cm³/mol. The van der Waals surface area contributed by atoms with Crippen molar-refractivity contribution in [3.63, 3.8) is 0 Å². The summed E-state index contributed by atoms with van der Waals surface area (Å²) in [5.74, 6) is 0.0355. The fraction of sp³-hybridized carbons (Fsp3) is 0.300. The summed E-state index contributed by atoms with van der Waals surface area (Å²) in [6, 6.07) is 5.47. The van der Waals surface area contributed by atoms with E-state index in [0.29, 0.717) is 15.8 Å². The third kappa shape index (κ3) is 2.26. The molecule has 1 aromatic carbocycles. The van der Waals surface area contributed by atoms with Crippen LogP contribution in [0.3, 0.4) is 0 Å². The average molecular weight is 259 g/mol. The number of hydrogen-bond donors (Lipinski definition) is 2. The molecule has 16 heavy (non-hydrogen) atoms. The summed E-state index contributed by atoms with van der Waals surface area (Å²) >= 11 is 7.66. The van der Waals surface area contributed by atoms with Gasteiger partial charge in [0.1, 0.15) is 0 Å². The van der Waals surface area contributed by atoms with E-state index in [1.165, 1.54) is 0 Å². The normalized spacial score (nSPS) is 17.2. The van der Waals surface area contributed by atoms with E-state index in [0.717, 1.165) is 18.1 Å². The SMILES string of the molecule is NC(=NO)c1c(Cl)cccc1SC1COC1. The Bertz CT molecular complexity index is 421. The maximum absolute atomic E-state index is 8.71. The number of thioether (sulfide) groups is 1. The molecule has 6 heteroatoms. The molecule has 1 heterocycles. The van der Waals surface area contributed by atoms with Gasteiger partial charge in [0.25, 0.3) is 0 Å². The van der Waals surface area contributed by atoms with E-state index in [1.54, 1.807) is 17.8 Å². The van der Waals surface area contributed by atoms with Crippen LogP contribution in [-0.4, -0.2) is 29.5 Å².